The summed E-state index contributed by atoms with van der Waals surface area (Å²) in [6.45, 7) is 9.63. The molecule has 2 aromatic rings. The minimum atomic E-state index is 0.407. The summed E-state index contributed by atoms with van der Waals surface area (Å²) < 4.78 is 0. The fourth-order valence-electron chi connectivity index (χ4n) is 4.67. The largest absolute Gasteiger partial charge is 0.0835 e. The summed E-state index contributed by atoms with van der Waals surface area (Å²) >= 11 is 4.05. The third-order valence-corrected chi connectivity index (χ3v) is 7.65. The number of benzene rings is 2. The highest BCUT2D eigenvalue weighted by Crippen LogP contribution is 2.74. The van der Waals surface area contributed by atoms with Crippen molar-refractivity contribution in [3.63, 3.8) is 0 Å². The molecule has 1 unspecified atom stereocenters. The first-order valence-electron chi connectivity index (χ1n) is 8.03. The number of hydrogen-bond donors (Lipinski definition) is 0. The van der Waals surface area contributed by atoms with Crippen LogP contribution in [-0.4, -0.2) is 0 Å². The van der Waals surface area contributed by atoms with Crippen molar-refractivity contribution in [3.8, 4) is 0 Å². The molecule has 4 rings (SSSR count). The van der Waals surface area contributed by atoms with Crippen molar-refractivity contribution in [2.24, 2.45) is 16.7 Å². The molecule has 2 aliphatic carbocycles. The number of alkyl halides is 1. The van der Waals surface area contributed by atoms with Gasteiger partial charge in [-0.3, -0.25) is 0 Å². The van der Waals surface area contributed by atoms with Gasteiger partial charge in [-0.25, -0.2) is 0 Å². The standard InChI is InChI=1S/C20H23Br/c1-19(2)18(20(19,3)4)17(21)15-11-10-13-9-8-12-6-5-7-14(15)16(12)13/h5-7,10-11,17-18H,8-9H2,1-4H3. The minimum Gasteiger partial charge on any atom is -0.0835 e. The van der Waals surface area contributed by atoms with Crippen LogP contribution in [0.15, 0.2) is 30.3 Å². The van der Waals surface area contributed by atoms with E-state index in [4.69, 9.17) is 0 Å². The SMILES string of the molecule is CC1(C)C(C(Br)c2ccc3c4c(cccc24)CC3)C1(C)C. The van der Waals surface area contributed by atoms with Gasteiger partial charge in [0.2, 0.25) is 0 Å². The molecule has 0 heterocycles. The minimum absolute atomic E-state index is 0.407. The second kappa shape index (κ2) is 4.13. The number of hydrogen-bond acceptors (Lipinski definition) is 0. The first-order chi connectivity index (χ1) is 9.85. The second-order valence-electron chi connectivity index (χ2n) is 7.98. The maximum Gasteiger partial charge on any atom is 0.0440 e. The van der Waals surface area contributed by atoms with Gasteiger partial charge in [0.25, 0.3) is 0 Å². The van der Waals surface area contributed by atoms with Crippen molar-refractivity contribution in [3.05, 3.63) is 47.0 Å². The Balaban J connectivity index is 1.86. The molecule has 2 aliphatic rings. The predicted molar refractivity (Wildman–Crippen MR) is 94.1 cm³/mol. The average molecular weight is 343 g/mol. The first kappa shape index (κ1) is 13.8. The van der Waals surface area contributed by atoms with Crippen LogP contribution in [0.5, 0.6) is 0 Å². The molecule has 1 heteroatoms. The van der Waals surface area contributed by atoms with E-state index in [1.807, 2.05) is 0 Å². The molecule has 2 aromatic carbocycles. The fraction of sp³-hybridized carbons (Fsp3) is 0.500. The molecule has 1 atom stereocenters. The van der Waals surface area contributed by atoms with Crippen molar-refractivity contribution in [2.45, 2.75) is 45.4 Å². The molecule has 0 amide bonds. The summed E-state index contributed by atoms with van der Waals surface area (Å²) in [5.41, 5.74) is 5.38. The molecular weight excluding hydrogens is 320 g/mol. The number of halogens is 1. The van der Waals surface area contributed by atoms with Crippen LogP contribution >= 0.6 is 15.9 Å². The quantitative estimate of drug-likeness (QED) is 0.582. The van der Waals surface area contributed by atoms with Gasteiger partial charge in [0.1, 0.15) is 0 Å². The molecule has 0 radical (unpaired) electrons. The van der Waals surface area contributed by atoms with E-state index in [1.165, 1.54) is 29.2 Å². The molecule has 0 aromatic heterocycles. The Morgan fingerprint density at radius 3 is 2.19 bits per heavy atom. The van der Waals surface area contributed by atoms with Crippen LogP contribution in [0.2, 0.25) is 0 Å². The number of aryl methyl sites for hydroxylation is 2. The maximum absolute atomic E-state index is 4.05. The molecule has 0 saturated heterocycles. The molecule has 0 spiro atoms. The molecule has 0 N–H and O–H groups in total. The van der Waals surface area contributed by atoms with Crippen molar-refractivity contribution in [2.75, 3.05) is 0 Å². The Morgan fingerprint density at radius 1 is 0.952 bits per heavy atom. The third kappa shape index (κ3) is 1.67. The summed E-state index contributed by atoms with van der Waals surface area (Å²) in [6.07, 6.45) is 2.42. The molecule has 1 fully saturated rings. The van der Waals surface area contributed by atoms with Crippen molar-refractivity contribution < 1.29 is 0 Å². The van der Waals surface area contributed by atoms with E-state index in [2.05, 4.69) is 74.0 Å². The predicted octanol–water partition coefficient (Wildman–Crippen LogP) is 6.06. The lowest BCUT2D eigenvalue weighted by Crippen LogP contribution is -2.00. The van der Waals surface area contributed by atoms with E-state index in [1.54, 1.807) is 11.1 Å². The highest BCUT2D eigenvalue weighted by Gasteiger charge is 2.66. The lowest BCUT2D eigenvalue weighted by Gasteiger charge is -2.16. The van der Waals surface area contributed by atoms with E-state index in [0.29, 0.717) is 21.6 Å². The van der Waals surface area contributed by atoms with Crippen LogP contribution in [0.25, 0.3) is 10.8 Å². The van der Waals surface area contributed by atoms with Gasteiger partial charge >= 0.3 is 0 Å². The monoisotopic (exact) mass is 342 g/mol. The molecule has 1 saturated carbocycles. The summed E-state index contributed by atoms with van der Waals surface area (Å²) in [5.74, 6) is 0.698. The van der Waals surface area contributed by atoms with E-state index in [9.17, 15) is 0 Å². The van der Waals surface area contributed by atoms with Crippen LogP contribution in [0, 0.1) is 16.7 Å². The second-order valence-corrected chi connectivity index (χ2v) is 8.96. The molecule has 21 heavy (non-hydrogen) atoms. The molecular formula is C20H23Br. The summed E-state index contributed by atoms with van der Waals surface area (Å²) in [7, 11) is 0. The Kier molecular flexibility index (Phi) is 2.72. The van der Waals surface area contributed by atoms with Gasteiger partial charge in [-0.05, 0) is 57.1 Å². The van der Waals surface area contributed by atoms with Gasteiger partial charge in [-0.1, -0.05) is 74.0 Å². The van der Waals surface area contributed by atoms with Gasteiger partial charge in [-0.2, -0.15) is 0 Å². The molecule has 110 valence electrons. The Bertz CT molecular complexity index is 715. The van der Waals surface area contributed by atoms with Gasteiger partial charge < -0.3 is 0 Å². The van der Waals surface area contributed by atoms with Crippen LogP contribution in [-0.2, 0) is 12.8 Å². The van der Waals surface area contributed by atoms with E-state index < -0.39 is 0 Å². The Labute approximate surface area is 136 Å². The van der Waals surface area contributed by atoms with E-state index in [-0.39, 0.29) is 0 Å². The van der Waals surface area contributed by atoms with Crippen molar-refractivity contribution in [1.29, 1.82) is 0 Å². The topological polar surface area (TPSA) is 0 Å². The highest BCUT2D eigenvalue weighted by atomic mass is 79.9. The van der Waals surface area contributed by atoms with Crippen LogP contribution in [0.4, 0.5) is 0 Å². The lowest BCUT2D eigenvalue weighted by molar-refractivity contribution is 0.457. The molecule has 0 aliphatic heterocycles. The van der Waals surface area contributed by atoms with Crippen molar-refractivity contribution in [1.82, 2.24) is 0 Å². The number of rotatable bonds is 2. The summed E-state index contributed by atoms with van der Waals surface area (Å²) in [5, 5.41) is 3.01. The zero-order valence-corrected chi connectivity index (χ0v) is 14.9. The zero-order chi connectivity index (χ0) is 15.0. The molecule has 0 nitrogen and oxygen atoms in total. The van der Waals surface area contributed by atoms with E-state index >= 15 is 0 Å². The normalized spacial score (nSPS) is 23.5. The van der Waals surface area contributed by atoms with Crippen molar-refractivity contribution >= 4 is 26.7 Å². The van der Waals surface area contributed by atoms with Crippen LogP contribution in [0.1, 0.15) is 49.2 Å². The zero-order valence-electron chi connectivity index (χ0n) is 13.3. The van der Waals surface area contributed by atoms with Gasteiger partial charge in [-0.15, -0.1) is 0 Å². The van der Waals surface area contributed by atoms with E-state index in [0.717, 1.165) is 0 Å². The fourth-order valence-corrected chi connectivity index (χ4v) is 6.39. The lowest BCUT2D eigenvalue weighted by atomic mass is 9.94. The highest BCUT2D eigenvalue weighted by molar-refractivity contribution is 9.09. The van der Waals surface area contributed by atoms with Crippen LogP contribution in [0.3, 0.4) is 0 Å². The third-order valence-electron chi connectivity index (χ3n) is 6.63. The molecule has 0 bridgehead atoms. The first-order valence-corrected chi connectivity index (χ1v) is 8.95. The van der Waals surface area contributed by atoms with Gasteiger partial charge in [0.15, 0.2) is 0 Å². The summed E-state index contributed by atoms with van der Waals surface area (Å²) in [4.78, 5) is 0.451. The Hall–Kier alpha value is -0.820. The smallest absolute Gasteiger partial charge is 0.0440 e. The van der Waals surface area contributed by atoms with Gasteiger partial charge in [0.05, 0.1) is 0 Å². The van der Waals surface area contributed by atoms with Crippen LogP contribution < -0.4 is 0 Å². The summed E-state index contributed by atoms with van der Waals surface area (Å²) in [6, 6.07) is 11.6. The maximum atomic E-state index is 4.05. The van der Waals surface area contributed by atoms with Gasteiger partial charge in [0, 0.05) is 4.83 Å². The Morgan fingerprint density at radius 2 is 1.57 bits per heavy atom. The average Bonchev–Trinajstić information content (AvgIpc) is 2.76.